The van der Waals surface area contributed by atoms with Gasteiger partial charge in [0, 0.05) is 28.7 Å². The molecule has 2 aromatic rings. The van der Waals surface area contributed by atoms with Gasteiger partial charge in [-0.05, 0) is 24.1 Å². The molecule has 0 aliphatic heterocycles. The van der Waals surface area contributed by atoms with Crippen LogP contribution in [0.2, 0.25) is 0 Å². The molecule has 1 amide bonds. The molecule has 0 bridgehead atoms. The van der Waals surface area contributed by atoms with E-state index < -0.39 is 5.91 Å². The van der Waals surface area contributed by atoms with Gasteiger partial charge in [0.2, 0.25) is 0 Å². The lowest BCUT2D eigenvalue weighted by Gasteiger charge is -1.96. The third kappa shape index (κ3) is 1.93. The first-order valence-electron chi connectivity index (χ1n) is 4.60. The van der Waals surface area contributed by atoms with Crippen molar-refractivity contribution < 1.29 is 4.79 Å². The number of nitrogens with one attached hydrogen (secondary N) is 1. The number of primary amides is 1. The number of rotatable bonds is 0. The van der Waals surface area contributed by atoms with Crippen LogP contribution in [0.15, 0.2) is 35.3 Å². The molecule has 78 valence electrons. The van der Waals surface area contributed by atoms with E-state index in [0.717, 1.165) is 5.52 Å². The number of aromatic nitrogens is 1. The molecular weight excluding hydrogens is 204 g/mol. The van der Waals surface area contributed by atoms with Gasteiger partial charge in [-0.1, -0.05) is 5.92 Å². The molecule has 1 aromatic heterocycles. The largest absolute Gasteiger partial charge is 0.361 e. The highest BCUT2D eigenvalue weighted by Gasteiger charge is 1.98. The van der Waals surface area contributed by atoms with Gasteiger partial charge in [-0.25, -0.2) is 0 Å². The number of hydrogen-bond donors (Lipinski definition) is 2. The summed E-state index contributed by atoms with van der Waals surface area (Å²) in [7, 11) is 0. The number of fused-ring (bicyclic) bond motifs is 1. The van der Waals surface area contributed by atoms with Crippen molar-refractivity contribution in [2.24, 2.45) is 5.73 Å². The van der Waals surface area contributed by atoms with Crippen LogP contribution in [-0.4, -0.2) is 10.9 Å². The number of carbonyl (C=O) groups is 1. The SMILES string of the molecule is NC(=O)C#Cc1ccc2[nH]ccc(=O)c2c1. The van der Waals surface area contributed by atoms with Gasteiger partial charge < -0.3 is 10.7 Å². The van der Waals surface area contributed by atoms with Gasteiger partial charge in [0.1, 0.15) is 0 Å². The highest BCUT2D eigenvalue weighted by molar-refractivity contribution is 5.92. The molecule has 0 radical (unpaired) electrons. The number of benzene rings is 1. The molecular formula is C12H8N2O2. The molecule has 0 fully saturated rings. The zero-order valence-electron chi connectivity index (χ0n) is 8.28. The molecule has 0 saturated heterocycles. The summed E-state index contributed by atoms with van der Waals surface area (Å²) >= 11 is 0. The third-order valence-corrected chi connectivity index (χ3v) is 2.09. The van der Waals surface area contributed by atoms with Crippen molar-refractivity contribution >= 4 is 16.8 Å². The van der Waals surface area contributed by atoms with Crippen molar-refractivity contribution in [3.63, 3.8) is 0 Å². The average molecular weight is 212 g/mol. The smallest absolute Gasteiger partial charge is 0.293 e. The Kier molecular flexibility index (Phi) is 2.44. The fourth-order valence-electron chi connectivity index (χ4n) is 1.38. The summed E-state index contributed by atoms with van der Waals surface area (Å²) in [6, 6.07) is 6.52. The lowest BCUT2D eigenvalue weighted by molar-refractivity contribution is -0.112. The summed E-state index contributed by atoms with van der Waals surface area (Å²) in [6.45, 7) is 0. The Labute approximate surface area is 91.1 Å². The van der Waals surface area contributed by atoms with E-state index in [2.05, 4.69) is 16.8 Å². The number of aromatic amines is 1. The van der Waals surface area contributed by atoms with Crippen LogP contribution in [0.1, 0.15) is 5.56 Å². The zero-order valence-corrected chi connectivity index (χ0v) is 8.28. The Balaban J connectivity index is 2.61. The van der Waals surface area contributed by atoms with Crippen LogP contribution >= 0.6 is 0 Å². The Morgan fingerprint density at radius 3 is 2.88 bits per heavy atom. The first-order valence-corrected chi connectivity index (χ1v) is 4.60. The number of hydrogen-bond acceptors (Lipinski definition) is 2. The number of H-pyrrole nitrogens is 1. The Bertz CT molecular complexity index is 674. The predicted molar refractivity (Wildman–Crippen MR) is 60.6 cm³/mol. The first kappa shape index (κ1) is 9.99. The number of nitrogens with two attached hydrogens (primary N) is 1. The maximum atomic E-state index is 11.5. The van der Waals surface area contributed by atoms with Crippen molar-refractivity contribution in [3.8, 4) is 11.8 Å². The molecule has 3 N–H and O–H groups in total. The first-order chi connectivity index (χ1) is 7.66. The quantitative estimate of drug-likeness (QED) is 0.619. The van der Waals surface area contributed by atoms with Gasteiger partial charge in [-0.15, -0.1) is 0 Å². The Morgan fingerprint density at radius 2 is 2.12 bits per heavy atom. The topological polar surface area (TPSA) is 76.0 Å². The van der Waals surface area contributed by atoms with Gasteiger partial charge in [-0.3, -0.25) is 9.59 Å². The maximum Gasteiger partial charge on any atom is 0.293 e. The molecule has 4 heteroatoms. The standard InChI is InChI=1S/C12H8N2O2/c13-12(16)4-2-8-1-3-10-9(7-8)11(15)5-6-14-10/h1,3,5-7H,(H2,13,16)(H,14,15). The second kappa shape index (κ2) is 3.91. The number of carbonyl (C=O) groups excluding carboxylic acids is 1. The van der Waals surface area contributed by atoms with Gasteiger partial charge in [0.15, 0.2) is 5.43 Å². The van der Waals surface area contributed by atoms with E-state index in [4.69, 9.17) is 5.73 Å². The molecule has 1 aromatic carbocycles. The molecule has 0 unspecified atom stereocenters. The van der Waals surface area contributed by atoms with E-state index in [1.165, 1.54) is 6.07 Å². The summed E-state index contributed by atoms with van der Waals surface area (Å²) in [6.07, 6.45) is 1.58. The van der Waals surface area contributed by atoms with E-state index >= 15 is 0 Å². The van der Waals surface area contributed by atoms with Crippen molar-refractivity contribution in [2.45, 2.75) is 0 Å². The fourth-order valence-corrected chi connectivity index (χ4v) is 1.38. The minimum atomic E-state index is -0.693. The maximum absolute atomic E-state index is 11.5. The predicted octanol–water partition coefficient (Wildman–Crippen LogP) is 0.365. The van der Waals surface area contributed by atoms with E-state index in [0.29, 0.717) is 10.9 Å². The Morgan fingerprint density at radius 1 is 1.31 bits per heavy atom. The monoisotopic (exact) mass is 212 g/mol. The fraction of sp³-hybridized carbons (Fsp3) is 0. The molecule has 2 rings (SSSR count). The molecule has 4 nitrogen and oxygen atoms in total. The second-order valence-corrected chi connectivity index (χ2v) is 3.22. The van der Waals surface area contributed by atoms with Gasteiger partial charge in [0.05, 0.1) is 0 Å². The lowest BCUT2D eigenvalue weighted by Crippen LogP contribution is -2.06. The van der Waals surface area contributed by atoms with Crippen molar-refractivity contribution in [1.82, 2.24) is 4.98 Å². The second-order valence-electron chi connectivity index (χ2n) is 3.22. The van der Waals surface area contributed by atoms with Gasteiger partial charge >= 0.3 is 0 Å². The van der Waals surface area contributed by atoms with Crippen molar-refractivity contribution in [2.75, 3.05) is 0 Å². The Hall–Kier alpha value is -2.54. The highest BCUT2D eigenvalue weighted by atomic mass is 16.1. The van der Waals surface area contributed by atoms with Crippen molar-refractivity contribution in [3.05, 3.63) is 46.2 Å². The minimum Gasteiger partial charge on any atom is -0.361 e. The zero-order chi connectivity index (χ0) is 11.5. The van der Waals surface area contributed by atoms with E-state index in [1.54, 1.807) is 24.4 Å². The van der Waals surface area contributed by atoms with E-state index in [-0.39, 0.29) is 5.43 Å². The van der Waals surface area contributed by atoms with Crippen LogP contribution in [0.25, 0.3) is 10.9 Å². The van der Waals surface area contributed by atoms with Crippen LogP contribution in [0.3, 0.4) is 0 Å². The average Bonchev–Trinajstić information content (AvgIpc) is 2.27. The van der Waals surface area contributed by atoms with E-state index in [1.807, 2.05) is 0 Å². The summed E-state index contributed by atoms with van der Waals surface area (Å²) in [5.74, 6) is 4.12. The molecule has 16 heavy (non-hydrogen) atoms. The van der Waals surface area contributed by atoms with Crippen LogP contribution < -0.4 is 11.2 Å². The summed E-state index contributed by atoms with van der Waals surface area (Å²) in [5, 5.41) is 0.541. The molecule has 1 heterocycles. The molecule has 0 spiro atoms. The van der Waals surface area contributed by atoms with Crippen LogP contribution in [0.4, 0.5) is 0 Å². The van der Waals surface area contributed by atoms with Crippen LogP contribution in [-0.2, 0) is 4.79 Å². The number of pyridine rings is 1. The molecule has 0 aliphatic rings. The molecule has 0 saturated carbocycles. The number of amides is 1. The normalized spacial score (nSPS) is 9.50. The van der Waals surface area contributed by atoms with Gasteiger partial charge in [0.25, 0.3) is 5.91 Å². The summed E-state index contributed by atoms with van der Waals surface area (Å²) in [5.41, 5.74) is 6.14. The summed E-state index contributed by atoms with van der Waals surface area (Å²) in [4.78, 5) is 24.9. The highest BCUT2D eigenvalue weighted by Crippen LogP contribution is 2.08. The van der Waals surface area contributed by atoms with Crippen LogP contribution in [0, 0.1) is 11.8 Å². The minimum absolute atomic E-state index is 0.0866. The lowest BCUT2D eigenvalue weighted by atomic mass is 10.1. The van der Waals surface area contributed by atoms with Crippen molar-refractivity contribution in [1.29, 1.82) is 0 Å². The third-order valence-electron chi connectivity index (χ3n) is 2.09. The molecule has 0 aliphatic carbocycles. The molecule has 0 atom stereocenters. The van der Waals surface area contributed by atoms with E-state index in [9.17, 15) is 9.59 Å². The summed E-state index contributed by atoms with van der Waals surface area (Å²) < 4.78 is 0. The van der Waals surface area contributed by atoms with Gasteiger partial charge in [-0.2, -0.15) is 0 Å². The van der Waals surface area contributed by atoms with Crippen LogP contribution in [0.5, 0.6) is 0 Å².